The minimum atomic E-state index is -0.00918. The highest BCUT2D eigenvalue weighted by Crippen LogP contribution is 2.39. The van der Waals surface area contributed by atoms with Crippen LogP contribution in [0.5, 0.6) is 5.75 Å². The number of rotatable bonds is 3. The average molecular weight is 312 g/mol. The maximum absolute atomic E-state index is 12.5. The Morgan fingerprint density at radius 2 is 1.91 bits per heavy atom. The summed E-state index contributed by atoms with van der Waals surface area (Å²) in [5, 5.41) is 17.1. The maximum Gasteiger partial charge on any atom is 0.274 e. The van der Waals surface area contributed by atoms with Gasteiger partial charge in [0, 0.05) is 37.8 Å². The van der Waals surface area contributed by atoms with Crippen molar-refractivity contribution < 1.29 is 9.90 Å². The van der Waals surface area contributed by atoms with E-state index in [1.807, 2.05) is 29.2 Å². The Morgan fingerprint density at radius 1 is 1.17 bits per heavy atom. The molecule has 4 rings (SSSR count). The van der Waals surface area contributed by atoms with Crippen molar-refractivity contribution >= 4 is 11.6 Å². The molecule has 6 nitrogen and oxygen atoms in total. The van der Waals surface area contributed by atoms with E-state index in [2.05, 4.69) is 15.1 Å². The van der Waals surface area contributed by atoms with Crippen LogP contribution in [0, 0.1) is 0 Å². The molecule has 1 aromatic carbocycles. The zero-order valence-corrected chi connectivity index (χ0v) is 12.9. The van der Waals surface area contributed by atoms with E-state index in [4.69, 9.17) is 0 Å². The lowest BCUT2D eigenvalue weighted by Gasteiger charge is -2.36. The molecule has 1 amide bonds. The third kappa shape index (κ3) is 2.76. The topological polar surface area (TPSA) is 72.5 Å². The quantitative estimate of drug-likeness (QED) is 0.909. The Morgan fingerprint density at radius 3 is 2.61 bits per heavy atom. The lowest BCUT2D eigenvalue weighted by molar-refractivity contribution is 0.0741. The van der Waals surface area contributed by atoms with Crippen LogP contribution in [0.3, 0.4) is 0 Å². The number of benzene rings is 1. The molecular weight excluding hydrogens is 292 g/mol. The van der Waals surface area contributed by atoms with Crippen LogP contribution in [-0.4, -0.2) is 52.3 Å². The van der Waals surface area contributed by atoms with Crippen LogP contribution < -0.4 is 4.90 Å². The predicted octanol–water partition coefficient (Wildman–Crippen LogP) is 1.96. The summed E-state index contributed by atoms with van der Waals surface area (Å²) < 4.78 is 0. The fourth-order valence-corrected chi connectivity index (χ4v) is 3.09. The van der Waals surface area contributed by atoms with Crippen molar-refractivity contribution in [2.45, 2.75) is 18.8 Å². The highest BCUT2D eigenvalue weighted by molar-refractivity contribution is 5.92. The number of aromatic amines is 1. The van der Waals surface area contributed by atoms with Gasteiger partial charge in [-0.05, 0) is 31.0 Å². The van der Waals surface area contributed by atoms with Gasteiger partial charge in [0.1, 0.15) is 11.4 Å². The van der Waals surface area contributed by atoms with Gasteiger partial charge >= 0.3 is 0 Å². The number of nitrogens with one attached hydrogen (secondary N) is 1. The van der Waals surface area contributed by atoms with Gasteiger partial charge in [0.25, 0.3) is 5.91 Å². The number of para-hydroxylation sites is 2. The first kappa shape index (κ1) is 14.1. The second-order valence-electron chi connectivity index (χ2n) is 6.25. The van der Waals surface area contributed by atoms with Gasteiger partial charge in [-0.25, -0.2) is 0 Å². The molecule has 1 aromatic heterocycles. The van der Waals surface area contributed by atoms with Crippen molar-refractivity contribution in [3.63, 3.8) is 0 Å². The molecular formula is C17H20N4O2. The number of anilines is 1. The summed E-state index contributed by atoms with van der Waals surface area (Å²) in [4.78, 5) is 16.5. The van der Waals surface area contributed by atoms with Gasteiger partial charge in [0.2, 0.25) is 0 Å². The number of aromatic hydroxyl groups is 1. The lowest BCUT2D eigenvalue weighted by Crippen LogP contribution is -2.48. The standard InChI is InChI=1S/C17H20N4O2/c22-16-4-2-1-3-15(16)20-7-9-21(10-8-20)17(23)14-11-13(18-19-14)12-5-6-12/h1-4,11-12,22H,5-10H2,(H,18,19). The first-order valence-corrected chi connectivity index (χ1v) is 8.10. The van der Waals surface area contributed by atoms with Crippen LogP contribution in [0.1, 0.15) is 34.9 Å². The van der Waals surface area contributed by atoms with Crippen LogP contribution in [0.2, 0.25) is 0 Å². The van der Waals surface area contributed by atoms with E-state index in [1.54, 1.807) is 6.07 Å². The number of hydrogen-bond donors (Lipinski definition) is 2. The fraction of sp³-hybridized carbons (Fsp3) is 0.412. The van der Waals surface area contributed by atoms with Crippen molar-refractivity contribution in [3.8, 4) is 5.75 Å². The van der Waals surface area contributed by atoms with Crippen LogP contribution in [0.15, 0.2) is 30.3 Å². The Bertz CT molecular complexity index is 715. The molecule has 6 heteroatoms. The SMILES string of the molecule is O=C(c1cc(C2CC2)[nH]n1)N1CCN(c2ccccc2O)CC1. The number of carbonyl (C=O) groups is 1. The largest absolute Gasteiger partial charge is 0.506 e. The average Bonchev–Trinajstić information content (AvgIpc) is 3.32. The van der Waals surface area contributed by atoms with Gasteiger partial charge in [-0.15, -0.1) is 0 Å². The Balaban J connectivity index is 1.40. The van der Waals surface area contributed by atoms with Crippen molar-refractivity contribution in [1.82, 2.24) is 15.1 Å². The molecule has 0 spiro atoms. The van der Waals surface area contributed by atoms with Crippen LogP contribution in [-0.2, 0) is 0 Å². The van der Waals surface area contributed by atoms with Crippen LogP contribution in [0.25, 0.3) is 0 Å². The first-order chi connectivity index (χ1) is 11.2. The molecule has 1 aliphatic carbocycles. The fourth-order valence-electron chi connectivity index (χ4n) is 3.09. The zero-order valence-electron chi connectivity index (χ0n) is 12.9. The number of phenolic OH excluding ortho intramolecular Hbond substituents is 1. The number of phenols is 1. The smallest absolute Gasteiger partial charge is 0.274 e. The minimum absolute atomic E-state index is 0.00918. The molecule has 0 bridgehead atoms. The molecule has 0 radical (unpaired) electrons. The zero-order chi connectivity index (χ0) is 15.8. The molecule has 1 aliphatic heterocycles. The molecule has 0 unspecified atom stereocenters. The molecule has 120 valence electrons. The maximum atomic E-state index is 12.5. The number of piperazine rings is 1. The van der Waals surface area contributed by atoms with Crippen molar-refractivity contribution in [1.29, 1.82) is 0 Å². The van der Waals surface area contributed by atoms with Crippen molar-refractivity contribution in [3.05, 3.63) is 41.7 Å². The van der Waals surface area contributed by atoms with Gasteiger partial charge in [-0.2, -0.15) is 5.10 Å². The number of nitrogens with zero attached hydrogens (tertiary/aromatic N) is 3. The molecule has 0 atom stereocenters. The lowest BCUT2D eigenvalue weighted by atomic mass is 10.2. The second-order valence-corrected chi connectivity index (χ2v) is 6.25. The van der Waals surface area contributed by atoms with E-state index in [1.165, 1.54) is 12.8 Å². The van der Waals surface area contributed by atoms with Gasteiger partial charge in [0.15, 0.2) is 0 Å². The number of H-pyrrole nitrogens is 1. The van der Waals surface area contributed by atoms with Crippen LogP contribution in [0.4, 0.5) is 5.69 Å². The third-order valence-corrected chi connectivity index (χ3v) is 4.62. The summed E-state index contributed by atoms with van der Waals surface area (Å²) in [6.07, 6.45) is 2.38. The Labute approximate surface area is 134 Å². The van der Waals surface area contributed by atoms with Crippen LogP contribution >= 0.6 is 0 Å². The van der Waals surface area contributed by atoms with Gasteiger partial charge in [-0.1, -0.05) is 12.1 Å². The molecule has 2 aromatic rings. The number of carbonyl (C=O) groups excluding carboxylic acids is 1. The van der Waals surface area contributed by atoms with E-state index in [0.29, 0.717) is 37.8 Å². The molecule has 2 N–H and O–H groups in total. The number of hydrogen-bond acceptors (Lipinski definition) is 4. The first-order valence-electron chi connectivity index (χ1n) is 8.10. The summed E-state index contributed by atoms with van der Waals surface area (Å²) in [5.74, 6) is 0.848. The molecule has 1 saturated heterocycles. The number of aromatic nitrogens is 2. The molecule has 2 aliphatic rings. The monoisotopic (exact) mass is 312 g/mol. The summed E-state index contributed by atoms with van der Waals surface area (Å²) in [6, 6.07) is 9.22. The highest BCUT2D eigenvalue weighted by Gasteiger charge is 2.29. The highest BCUT2D eigenvalue weighted by atomic mass is 16.3. The van der Waals surface area contributed by atoms with Gasteiger partial charge in [-0.3, -0.25) is 9.89 Å². The second kappa shape index (κ2) is 5.61. The predicted molar refractivity (Wildman–Crippen MR) is 86.8 cm³/mol. The summed E-state index contributed by atoms with van der Waals surface area (Å²) >= 11 is 0. The minimum Gasteiger partial charge on any atom is -0.506 e. The van der Waals surface area contributed by atoms with Crippen molar-refractivity contribution in [2.75, 3.05) is 31.1 Å². The van der Waals surface area contributed by atoms with E-state index in [9.17, 15) is 9.90 Å². The third-order valence-electron chi connectivity index (χ3n) is 4.62. The normalized spacial score (nSPS) is 18.3. The molecule has 23 heavy (non-hydrogen) atoms. The molecule has 1 saturated carbocycles. The Kier molecular flexibility index (Phi) is 3.44. The van der Waals surface area contributed by atoms with E-state index in [-0.39, 0.29) is 11.7 Å². The van der Waals surface area contributed by atoms with Crippen molar-refractivity contribution in [2.24, 2.45) is 0 Å². The number of amides is 1. The Hall–Kier alpha value is -2.50. The summed E-state index contributed by atoms with van der Waals surface area (Å²) in [5.41, 5.74) is 2.43. The van der Waals surface area contributed by atoms with E-state index in [0.717, 1.165) is 11.4 Å². The summed E-state index contributed by atoms with van der Waals surface area (Å²) in [7, 11) is 0. The van der Waals surface area contributed by atoms with Gasteiger partial charge in [0.05, 0.1) is 5.69 Å². The molecule has 2 heterocycles. The summed E-state index contributed by atoms with van der Waals surface area (Å²) in [6.45, 7) is 2.70. The van der Waals surface area contributed by atoms with E-state index < -0.39 is 0 Å². The molecule has 2 fully saturated rings. The van der Waals surface area contributed by atoms with E-state index >= 15 is 0 Å². The van der Waals surface area contributed by atoms with Gasteiger partial charge < -0.3 is 14.9 Å².